The minimum Gasteiger partial charge on any atom is -0.360 e. The third kappa shape index (κ3) is 3.41. The molecule has 26 heavy (non-hydrogen) atoms. The third-order valence-corrected chi connectivity index (χ3v) is 4.40. The highest BCUT2D eigenvalue weighted by Crippen LogP contribution is 2.23. The Bertz CT molecular complexity index is 873. The number of amides is 1. The summed E-state index contributed by atoms with van der Waals surface area (Å²) < 4.78 is 6.78. The fourth-order valence-corrected chi connectivity index (χ4v) is 3.07. The molecule has 134 valence electrons. The maximum absolute atomic E-state index is 12.5. The molecule has 0 radical (unpaired) electrons. The minimum absolute atomic E-state index is 0.0500. The summed E-state index contributed by atoms with van der Waals surface area (Å²) in [5, 5.41) is 15.2. The minimum atomic E-state index is -0.129. The van der Waals surface area contributed by atoms with Crippen LogP contribution in [0.1, 0.15) is 18.6 Å². The van der Waals surface area contributed by atoms with E-state index in [4.69, 9.17) is 4.52 Å². The number of anilines is 2. The van der Waals surface area contributed by atoms with E-state index in [1.165, 1.54) is 0 Å². The van der Waals surface area contributed by atoms with Gasteiger partial charge in [0.2, 0.25) is 5.91 Å². The lowest BCUT2D eigenvalue weighted by Gasteiger charge is -2.32. The van der Waals surface area contributed by atoms with E-state index in [0.717, 1.165) is 25.2 Å². The summed E-state index contributed by atoms with van der Waals surface area (Å²) >= 11 is 0. The summed E-state index contributed by atoms with van der Waals surface area (Å²) in [7, 11) is 0. The first-order valence-corrected chi connectivity index (χ1v) is 8.50. The fraction of sp³-hybridized carbons (Fsp3) is 0.353. The molecule has 1 aliphatic rings. The predicted octanol–water partition coefficient (Wildman–Crippen LogP) is 1.81. The highest BCUT2D eigenvalue weighted by Gasteiger charge is 2.27. The van der Waals surface area contributed by atoms with Crippen molar-refractivity contribution in [3.8, 4) is 5.82 Å². The second kappa shape index (κ2) is 6.95. The van der Waals surface area contributed by atoms with Gasteiger partial charge >= 0.3 is 0 Å². The molecule has 1 fully saturated rings. The molecule has 9 nitrogen and oxygen atoms in total. The maximum Gasteiger partial charge on any atom is 0.230 e. The van der Waals surface area contributed by atoms with Crippen LogP contribution in [0.25, 0.3) is 5.82 Å². The third-order valence-electron chi connectivity index (χ3n) is 4.40. The van der Waals surface area contributed by atoms with Crippen LogP contribution in [-0.4, -0.2) is 43.9 Å². The second-order valence-electron chi connectivity index (χ2n) is 6.32. The van der Waals surface area contributed by atoms with Gasteiger partial charge < -0.3 is 14.7 Å². The van der Waals surface area contributed by atoms with Crippen LogP contribution in [0.15, 0.2) is 41.4 Å². The van der Waals surface area contributed by atoms with Crippen molar-refractivity contribution in [3.63, 3.8) is 0 Å². The number of hydrogen-bond acceptors (Lipinski definition) is 7. The largest absolute Gasteiger partial charge is 0.360 e. The van der Waals surface area contributed by atoms with Crippen molar-refractivity contribution in [1.29, 1.82) is 0 Å². The molecule has 1 N–H and O–H groups in total. The number of imidazole rings is 1. The normalized spacial score (nSPS) is 17.3. The summed E-state index contributed by atoms with van der Waals surface area (Å²) in [6.07, 6.45) is 6.94. The Kier molecular flexibility index (Phi) is 4.34. The Hall–Kier alpha value is -3.23. The number of nitrogens with one attached hydrogen (secondary N) is 1. The quantitative estimate of drug-likeness (QED) is 0.763. The molecule has 0 aromatic carbocycles. The van der Waals surface area contributed by atoms with E-state index in [1.54, 1.807) is 30.1 Å². The van der Waals surface area contributed by atoms with Gasteiger partial charge in [-0.1, -0.05) is 5.16 Å². The van der Waals surface area contributed by atoms with Crippen molar-refractivity contribution in [2.75, 3.05) is 23.3 Å². The van der Waals surface area contributed by atoms with Crippen LogP contribution < -0.4 is 10.2 Å². The molecule has 1 amide bonds. The van der Waals surface area contributed by atoms with Gasteiger partial charge in [0, 0.05) is 31.5 Å². The lowest BCUT2D eigenvalue weighted by molar-refractivity contribution is -0.120. The molecule has 4 rings (SSSR count). The van der Waals surface area contributed by atoms with Crippen molar-refractivity contribution in [2.24, 2.45) is 5.92 Å². The van der Waals surface area contributed by atoms with Gasteiger partial charge in [-0.2, -0.15) is 0 Å². The number of aryl methyl sites for hydroxylation is 1. The van der Waals surface area contributed by atoms with Gasteiger partial charge in [0.05, 0.1) is 5.92 Å². The van der Waals surface area contributed by atoms with Crippen molar-refractivity contribution in [2.45, 2.75) is 19.8 Å². The molecule has 9 heteroatoms. The highest BCUT2D eigenvalue weighted by molar-refractivity contribution is 5.92. The monoisotopic (exact) mass is 353 g/mol. The molecule has 3 aromatic rings. The van der Waals surface area contributed by atoms with Crippen LogP contribution in [0.2, 0.25) is 0 Å². The Morgan fingerprint density at radius 1 is 1.31 bits per heavy atom. The van der Waals surface area contributed by atoms with Gasteiger partial charge in [-0.25, -0.2) is 4.98 Å². The number of carbonyl (C=O) groups is 1. The zero-order valence-electron chi connectivity index (χ0n) is 14.4. The first-order valence-electron chi connectivity index (χ1n) is 8.50. The molecule has 3 aromatic heterocycles. The zero-order valence-corrected chi connectivity index (χ0v) is 14.4. The van der Waals surface area contributed by atoms with Crippen LogP contribution in [0.3, 0.4) is 0 Å². The lowest BCUT2D eigenvalue weighted by Crippen LogP contribution is -2.41. The number of nitrogens with zero attached hydrogens (tertiary/aromatic N) is 6. The van der Waals surface area contributed by atoms with Crippen LogP contribution in [-0.2, 0) is 4.79 Å². The highest BCUT2D eigenvalue weighted by atomic mass is 16.5. The smallest absolute Gasteiger partial charge is 0.230 e. The number of carbonyl (C=O) groups excluding carboxylic acids is 1. The van der Waals surface area contributed by atoms with E-state index >= 15 is 0 Å². The van der Waals surface area contributed by atoms with E-state index < -0.39 is 0 Å². The Morgan fingerprint density at radius 2 is 2.15 bits per heavy atom. The van der Waals surface area contributed by atoms with Gasteiger partial charge in [-0.3, -0.25) is 9.36 Å². The van der Waals surface area contributed by atoms with Crippen molar-refractivity contribution in [1.82, 2.24) is 24.9 Å². The Morgan fingerprint density at radius 3 is 2.85 bits per heavy atom. The van der Waals surface area contributed by atoms with Gasteiger partial charge in [0.25, 0.3) is 0 Å². The zero-order chi connectivity index (χ0) is 17.9. The summed E-state index contributed by atoms with van der Waals surface area (Å²) in [5.41, 5.74) is 0. The molecule has 1 saturated heterocycles. The van der Waals surface area contributed by atoms with Crippen molar-refractivity contribution in [3.05, 3.63) is 42.7 Å². The molecule has 0 unspecified atom stereocenters. The van der Waals surface area contributed by atoms with Crippen LogP contribution in [0.4, 0.5) is 11.6 Å². The number of aromatic nitrogens is 5. The van der Waals surface area contributed by atoms with E-state index in [0.29, 0.717) is 23.9 Å². The molecule has 0 spiro atoms. The van der Waals surface area contributed by atoms with Gasteiger partial charge in [-0.15, -0.1) is 10.2 Å². The standard InChI is InChI=1S/C17H19N7O2/c1-12-9-14(22-26-12)19-17(25)13-3-2-7-23(10-13)15-4-5-16(21-20-15)24-8-6-18-11-24/h4-6,8-9,11,13H,2-3,7,10H2,1H3,(H,19,22,25)/t13-/m0/s1. The fourth-order valence-electron chi connectivity index (χ4n) is 3.07. The second-order valence-corrected chi connectivity index (χ2v) is 6.32. The molecule has 1 aliphatic heterocycles. The van der Waals surface area contributed by atoms with Crippen LogP contribution >= 0.6 is 0 Å². The summed E-state index contributed by atoms with van der Waals surface area (Å²) in [6.45, 7) is 3.24. The molecule has 4 heterocycles. The van der Waals surface area contributed by atoms with E-state index in [2.05, 4.69) is 30.6 Å². The average molecular weight is 353 g/mol. The predicted molar refractivity (Wildman–Crippen MR) is 94.0 cm³/mol. The van der Waals surface area contributed by atoms with Crippen molar-refractivity contribution < 1.29 is 9.32 Å². The number of piperidine rings is 1. The first-order chi connectivity index (χ1) is 12.7. The van der Waals surface area contributed by atoms with Crippen LogP contribution in [0.5, 0.6) is 0 Å². The molecule has 0 saturated carbocycles. The van der Waals surface area contributed by atoms with E-state index in [1.807, 2.05) is 18.3 Å². The molecule has 1 atom stereocenters. The van der Waals surface area contributed by atoms with Gasteiger partial charge in [0.15, 0.2) is 17.5 Å². The topological polar surface area (TPSA) is 102 Å². The molecule has 0 aliphatic carbocycles. The number of rotatable bonds is 4. The van der Waals surface area contributed by atoms with Crippen molar-refractivity contribution >= 4 is 17.5 Å². The number of hydrogen-bond donors (Lipinski definition) is 1. The lowest BCUT2D eigenvalue weighted by atomic mass is 9.97. The van der Waals surface area contributed by atoms with Gasteiger partial charge in [0.1, 0.15) is 12.1 Å². The summed E-state index contributed by atoms with van der Waals surface area (Å²) in [6, 6.07) is 5.52. The molecule has 0 bridgehead atoms. The average Bonchev–Trinajstić information content (AvgIpc) is 3.34. The summed E-state index contributed by atoms with van der Waals surface area (Å²) in [4.78, 5) is 18.6. The van der Waals surface area contributed by atoms with E-state index in [9.17, 15) is 4.79 Å². The first kappa shape index (κ1) is 16.2. The van der Waals surface area contributed by atoms with Gasteiger partial charge in [-0.05, 0) is 31.9 Å². The SMILES string of the molecule is Cc1cc(NC(=O)[C@H]2CCCN(c3ccc(-n4ccnc4)nn3)C2)no1. The summed E-state index contributed by atoms with van der Waals surface area (Å²) in [5.74, 6) is 2.41. The molecular formula is C17H19N7O2. The van der Waals surface area contributed by atoms with Crippen LogP contribution in [0, 0.1) is 12.8 Å². The van der Waals surface area contributed by atoms with E-state index in [-0.39, 0.29) is 11.8 Å². The Balaban J connectivity index is 1.42. The maximum atomic E-state index is 12.5. The Labute approximate surface area is 150 Å². The molecular weight excluding hydrogens is 334 g/mol.